The highest BCUT2D eigenvalue weighted by molar-refractivity contribution is 5.76. The van der Waals surface area contributed by atoms with E-state index in [0.29, 0.717) is 19.4 Å². The molecule has 1 heterocycles. The van der Waals surface area contributed by atoms with Gasteiger partial charge < -0.3 is 45.1 Å². The molecule has 11 heteroatoms. The number of allylic oxidation sites excluding steroid dienone is 9. The molecule has 0 aromatic carbocycles. The van der Waals surface area contributed by atoms with Gasteiger partial charge in [0.2, 0.25) is 5.91 Å². The molecule has 7 unspecified atom stereocenters. The normalized spacial score (nSPS) is 18.0. The standard InChI is InChI=1S/C78H143NO10/c1-3-5-7-9-11-13-14-42-46-50-54-58-62-66-74(83)87-67-63-59-55-51-47-44-41-39-37-35-33-31-29-27-25-23-21-19-17-15-16-18-20-22-24-26-28-30-32-34-36-38-40-43-45-49-53-57-61-65-73(82)79-70(71(81)64-60-56-52-48-12-10-8-6-4-2)69-88-78-77(86)76(85)75(84)72(68-80)89-78/h4,6,12,15-16,19,21,48,60,64,70-72,75-78,80-81,84-86H,3,5,7-11,13-14,17-18,20,22-47,49-59,61-63,65-69H2,1-2H3,(H,79,82)/b6-4+,16-15-,21-19-,48-12+,64-60+. The van der Waals surface area contributed by atoms with E-state index in [1.54, 1.807) is 6.08 Å². The van der Waals surface area contributed by atoms with Crippen molar-refractivity contribution in [1.29, 1.82) is 0 Å². The molecule has 0 aromatic rings. The van der Waals surface area contributed by atoms with Crippen LogP contribution in [0.25, 0.3) is 0 Å². The predicted molar refractivity (Wildman–Crippen MR) is 375 cm³/mol. The fourth-order valence-electron chi connectivity index (χ4n) is 12.0. The molecule has 1 aliphatic rings. The Labute approximate surface area is 548 Å². The average Bonchev–Trinajstić information content (AvgIpc) is 1.84. The highest BCUT2D eigenvalue weighted by atomic mass is 16.7. The van der Waals surface area contributed by atoms with E-state index >= 15 is 0 Å². The monoisotopic (exact) mass is 1250 g/mol. The Morgan fingerprint density at radius 3 is 1.24 bits per heavy atom. The Morgan fingerprint density at radius 1 is 0.438 bits per heavy atom. The molecular weight excluding hydrogens is 1110 g/mol. The number of hydrogen-bond acceptors (Lipinski definition) is 10. The zero-order chi connectivity index (χ0) is 64.4. The third-order valence-corrected chi connectivity index (χ3v) is 17.9. The Kier molecular flexibility index (Phi) is 63.3. The molecule has 6 N–H and O–H groups in total. The molecular formula is C78H143NO10. The number of ether oxygens (including phenoxy) is 3. The number of carbonyl (C=O) groups excluding carboxylic acids is 2. The SMILES string of the molecule is C/C=C/CC/C=C/CC/C=C/C(O)C(COC1OC(CO)C(O)C(O)C1O)NC(=O)CCCCCCCCCCCCCCCCCCC/C=C\C/C=C\CCCCCCCCCCCCCCCCCOC(=O)CCCCCCCCCCCCCCC. The maximum Gasteiger partial charge on any atom is 0.305 e. The van der Waals surface area contributed by atoms with Gasteiger partial charge in [0.15, 0.2) is 6.29 Å². The van der Waals surface area contributed by atoms with E-state index in [1.807, 2.05) is 19.1 Å². The lowest BCUT2D eigenvalue weighted by atomic mass is 9.99. The Balaban J connectivity index is 1.88. The van der Waals surface area contributed by atoms with Crippen molar-refractivity contribution in [2.75, 3.05) is 19.8 Å². The number of carbonyl (C=O) groups is 2. The van der Waals surface area contributed by atoms with E-state index in [9.17, 15) is 35.1 Å². The van der Waals surface area contributed by atoms with Gasteiger partial charge in [0.25, 0.3) is 0 Å². The molecule has 0 aliphatic carbocycles. The van der Waals surface area contributed by atoms with Crippen LogP contribution < -0.4 is 5.32 Å². The maximum absolute atomic E-state index is 13.0. The van der Waals surface area contributed by atoms with Gasteiger partial charge in [-0.25, -0.2) is 0 Å². The summed E-state index contributed by atoms with van der Waals surface area (Å²) in [6, 6.07) is -0.832. The minimum absolute atomic E-state index is 0.0159. The van der Waals surface area contributed by atoms with Crippen LogP contribution in [0.3, 0.4) is 0 Å². The number of aliphatic hydroxyl groups excluding tert-OH is 5. The van der Waals surface area contributed by atoms with Crippen molar-refractivity contribution in [3.8, 4) is 0 Å². The fraction of sp³-hybridized carbons (Fsp3) is 0.846. The van der Waals surface area contributed by atoms with Crippen LogP contribution in [0.1, 0.15) is 361 Å². The molecule has 11 nitrogen and oxygen atoms in total. The van der Waals surface area contributed by atoms with Crippen molar-refractivity contribution < 1.29 is 49.3 Å². The quantitative estimate of drug-likeness (QED) is 0.0195. The summed E-state index contributed by atoms with van der Waals surface area (Å²) < 4.78 is 16.7. The number of unbranched alkanes of at least 4 members (excludes halogenated alkanes) is 46. The molecule has 0 saturated carbocycles. The first-order valence-electron chi connectivity index (χ1n) is 38.0. The summed E-state index contributed by atoms with van der Waals surface area (Å²) in [5, 5.41) is 54.2. The number of esters is 1. The molecule has 520 valence electrons. The summed E-state index contributed by atoms with van der Waals surface area (Å²) in [5.41, 5.74) is 0. The van der Waals surface area contributed by atoms with Crippen LogP contribution in [0.2, 0.25) is 0 Å². The van der Waals surface area contributed by atoms with E-state index in [1.165, 1.54) is 270 Å². The van der Waals surface area contributed by atoms with Gasteiger partial charge in [-0.05, 0) is 84.0 Å². The first kappa shape index (κ1) is 84.4. The molecule has 89 heavy (non-hydrogen) atoms. The summed E-state index contributed by atoms with van der Waals surface area (Å²) >= 11 is 0. The second-order valence-electron chi connectivity index (χ2n) is 26.4. The zero-order valence-electron chi connectivity index (χ0n) is 57.9. The van der Waals surface area contributed by atoms with Gasteiger partial charge in [-0.3, -0.25) is 9.59 Å². The number of rotatable bonds is 67. The van der Waals surface area contributed by atoms with Crippen LogP contribution in [0.4, 0.5) is 0 Å². The van der Waals surface area contributed by atoms with Gasteiger partial charge in [0, 0.05) is 12.8 Å². The van der Waals surface area contributed by atoms with E-state index in [0.717, 1.165) is 64.2 Å². The van der Waals surface area contributed by atoms with Gasteiger partial charge in [0.05, 0.1) is 32.0 Å². The summed E-state index contributed by atoms with van der Waals surface area (Å²) in [7, 11) is 0. The molecule has 1 fully saturated rings. The van der Waals surface area contributed by atoms with Crippen LogP contribution in [0.15, 0.2) is 60.8 Å². The highest BCUT2D eigenvalue weighted by Crippen LogP contribution is 2.23. The molecule has 0 radical (unpaired) electrons. The molecule has 0 spiro atoms. The second kappa shape index (κ2) is 66.8. The van der Waals surface area contributed by atoms with E-state index in [2.05, 4.69) is 54.8 Å². The van der Waals surface area contributed by atoms with E-state index in [4.69, 9.17) is 14.2 Å². The van der Waals surface area contributed by atoms with E-state index in [-0.39, 0.29) is 18.5 Å². The lowest BCUT2D eigenvalue weighted by Gasteiger charge is -2.40. The molecule has 7 atom stereocenters. The van der Waals surface area contributed by atoms with Gasteiger partial charge in [-0.1, -0.05) is 325 Å². The topological polar surface area (TPSA) is 175 Å². The predicted octanol–water partition coefficient (Wildman–Crippen LogP) is 20.1. The Hall–Kier alpha value is -2.64. The first-order valence-corrected chi connectivity index (χ1v) is 38.0. The zero-order valence-corrected chi connectivity index (χ0v) is 57.9. The molecule has 1 amide bonds. The van der Waals surface area contributed by atoms with Gasteiger partial charge in [0.1, 0.15) is 24.4 Å². The number of nitrogens with one attached hydrogen (secondary N) is 1. The second-order valence-corrected chi connectivity index (χ2v) is 26.4. The van der Waals surface area contributed by atoms with Crippen molar-refractivity contribution in [1.82, 2.24) is 5.32 Å². The Morgan fingerprint density at radius 2 is 0.809 bits per heavy atom. The van der Waals surface area contributed by atoms with Crippen molar-refractivity contribution in [3.05, 3.63) is 60.8 Å². The van der Waals surface area contributed by atoms with E-state index < -0.39 is 49.5 Å². The first-order chi connectivity index (χ1) is 43.7. The van der Waals surface area contributed by atoms with Crippen molar-refractivity contribution in [3.63, 3.8) is 0 Å². The summed E-state index contributed by atoms with van der Waals surface area (Å²) in [6.45, 7) is 4.12. The van der Waals surface area contributed by atoms with Crippen molar-refractivity contribution in [2.24, 2.45) is 0 Å². The maximum atomic E-state index is 13.0. The lowest BCUT2D eigenvalue weighted by Crippen LogP contribution is -2.60. The van der Waals surface area contributed by atoms with Gasteiger partial charge in [-0.2, -0.15) is 0 Å². The summed E-state index contributed by atoms with van der Waals surface area (Å²) in [6.07, 6.45) is 80.0. The van der Waals surface area contributed by atoms with Gasteiger partial charge >= 0.3 is 5.97 Å². The van der Waals surface area contributed by atoms with Crippen LogP contribution >= 0.6 is 0 Å². The van der Waals surface area contributed by atoms with Crippen LogP contribution in [0.5, 0.6) is 0 Å². The number of amides is 1. The van der Waals surface area contributed by atoms with Crippen LogP contribution in [-0.4, -0.2) is 100 Å². The van der Waals surface area contributed by atoms with Gasteiger partial charge in [-0.15, -0.1) is 0 Å². The van der Waals surface area contributed by atoms with Crippen molar-refractivity contribution in [2.45, 2.75) is 403 Å². The largest absolute Gasteiger partial charge is 0.466 e. The van der Waals surface area contributed by atoms with Crippen molar-refractivity contribution >= 4 is 11.9 Å². The van der Waals surface area contributed by atoms with Crippen LogP contribution in [-0.2, 0) is 23.8 Å². The number of hydrogen-bond donors (Lipinski definition) is 6. The third kappa shape index (κ3) is 55.5. The molecule has 1 aliphatic heterocycles. The number of aliphatic hydroxyl groups is 5. The molecule has 1 rings (SSSR count). The highest BCUT2D eigenvalue weighted by Gasteiger charge is 2.44. The lowest BCUT2D eigenvalue weighted by molar-refractivity contribution is -0.302. The summed E-state index contributed by atoms with van der Waals surface area (Å²) in [5.74, 6) is -0.180. The summed E-state index contributed by atoms with van der Waals surface area (Å²) in [4.78, 5) is 25.1. The molecule has 0 bridgehead atoms. The average molecular weight is 1250 g/mol. The smallest absolute Gasteiger partial charge is 0.305 e. The van der Waals surface area contributed by atoms with Crippen LogP contribution in [0, 0.1) is 0 Å². The minimum atomic E-state index is -1.58. The minimum Gasteiger partial charge on any atom is -0.466 e. The third-order valence-electron chi connectivity index (χ3n) is 17.9. The fourth-order valence-corrected chi connectivity index (χ4v) is 12.0. The Bertz CT molecular complexity index is 1660. The molecule has 0 aromatic heterocycles. The molecule has 1 saturated heterocycles.